The number of hydrogen-bond acceptors (Lipinski definition) is 5. The molecule has 0 saturated heterocycles. The van der Waals surface area contributed by atoms with Gasteiger partial charge in [-0.1, -0.05) is 35.3 Å². The number of aromatic nitrogens is 2. The number of hydrogen-bond donors (Lipinski definition) is 4. The van der Waals surface area contributed by atoms with Crippen LogP contribution in [-0.4, -0.2) is 9.13 Å². The molecular weight excluding hydrogens is 387 g/mol. The van der Waals surface area contributed by atoms with Crippen LogP contribution in [0.25, 0.3) is 11.4 Å². The van der Waals surface area contributed by atoms with Crippen LogP contribution >= 0.6 is 23.2 Å². The first-order valence-electron chi connectivity index (χ1n) is 8.10. The monoisotopic (exact) mass is 402 g/mol. The van der Waals surface area contributed by atoms with Crippen molar-refractivity contribution in [3.8, 4) is 11.4 Å². The maximum Gasteiger partial charge on any atom is 0.182 e. The highest BCUT2D eigenvalue weighted by Gasteiger charge is 2.23. The zero-order chi connectivity index (χ0) is 19.3. The summed E-state index contributed by atoms with van der Waals surface area (Å²) in [6.45, 7) is 3.81. The fourth-order valence-corrected chi connectivity index (χ4v) is 3.27. The molecule has 4 N–H and O–H groups in total. The first-order valence-corrected chi connectivity index (χ1v) is 8.86. The molecule has 1 aliphatic rings. The van der Waals surface area contributed by atoms with Gasteiger partial charge in [-0.3, -0.25) is 20.0 Å². The number of nitrogens with one attached hydrogen (secondary N) is 4. The van der Waals surface area contributed by atoms with Crippen molar-refractivity contribution in [2.75, 3.05) is 11.0 Å². The quantitative estimate of drug-likeness (QED) is 0.524. The molecule has 3 aromatic rings. The minimum Gasteiger partial charge on any atom is -0.281 e. The lowest BCUT2D eigenvalue weighted by Crippen LogP contribution is -2.41. The van der Waals surface area contributed by atoms with E-state index in [1.807, 2.05) is 38.1 Å². The molecule has 2 heterocycles. The Hall–Kier alpha value is -2.74. The second-order valence-corrected chi connectivity index (χ2v) is 7.05. The molecule has 7 nitrogen and oxygen atoms in total. The Morgan fingerprint density at radius 1 is 0.778 bits per heavy atom. The van der Waals surface area contributed by atoms with E-state index in [4.69, 9.17) is 39.0 Å². The molecule has 1 aromatic heterocycles. The fraction of sp³-hybridized carbons (Fsp3) is 0.111. The molecule has 0 bridgehead atoms. The van der Waals surface area contributed by atoms with Crippen LogP contribution in [0.1, 0.15) is 11.1 Å². The molecule has 138 valence electrons. The average molecular weight is 403 g/mol. The van der Waals surface area contributed by atoms with Gasteiger partial charge in [0.2, 0.25) is 0 Å². The van der Waals surface area contributed by atoms with Crippen LogP contribution in [0.2, 0.25) is 10.0 Å². The first-order chi connectivity index (χ1) is 12.9. The minimum atomic E-state index is -0.0369. The summed E-state index contributed by atoms with van der Waals surface area (Å²) in [7, 11) is 0. The average Bonchev–Trinajstić information content (AvgIpc) is 3.10. The van der Waals surface area contributed by atoms with Crippen molar-refractivity contribution in [1.82, 2.24) is 9.13 Å². The number of benzene rings is 2. The Bertz CT molecular complexity index is 1110. The van der Waals surface area contributed by atoms with E-state index in [-0.39, 0.29) is 11.0 Å². The van der Waals surface area contributed by atoms with E-state index in [1.54, 1.807) is 21.3 Å². The Morgan fingerprint density at radius 3 is 1.56 bits per heavy atom. The smallest absolute Gasteiger partial charge is 0.182 e. The normalized spacial score (nSPS) is 12.4. The number of anilines is 2. The van der Waals surface area contributed by atoms with Gasteiger partial charge in [0.15, 0.2) is 22.6 Å². The summed E-state index contributed by atoms with van der Waals surface area (Å²) in [5, 5.41) is 18.3. The molecule has 0 atom stereocenters. The molecule has 0 unspecified atom stereocenters. The van der Waals surface area contributed by atoms with Gasteiger partial charge in [-0.2, -0.15) is 4.94 Å². The van der Waals surface area contributed by atoms with Crippen molar-refractivity contribution < 1.29 is 4.94 Å². The third-order valence-corrected chi connectivity index (χ3v) is 5.28. The lowest BCUT2D eigenvalue weighted by molar-refractivity contribution is 0.279. The minimum absolute atomic E-state index is 0.0369. The number of nitrogens with zero attached hydrogens (tertiary/aromatic N) is 2. The largest absolute Gasteiger partial charge is 0.281 e. The van der Waals surface area contributed by atoms with E-state index in [9.17, 15) is 0 Å². The summed E-state index contributed by atoms with van der Waals surface area (Å²) < 4.78 is 3.13. The molecule has 0 radical (unpaired) electrons. The Labute approximate surface area is 164 Å². The predicted octanol–water partition coefficient (Wildman–Crippen LogP) is 3.83. The second-order valence-electron chi connectivity index (χ2n) is 6.24. The molecule has 1 aliphatic heterocycles. The van der Waals surface area contributed by atoms with Gasteiger partial charge in [0.05, 0.1) is 11.4 Å². The predicted molar refractivity (Wildman–Crippen MR) is 105 cm³/mol. The van der Waals surface area contributed by atoms with Crippen molar-refractivity contribution in [1.29, 1.82) is 10.8 Å². The Balaban J connectivity index is 2.03. The Kier molecular flexibility index (Phi) is 4.22. The first kappa shape index (κ1) is 17.7. The molecular formula is C18H16Cl2N6O. The van der Waals surface area contributed by atoms with E-state index in [2.05, 4.69) is 11.0 Å². The number of rotatable bonds is 2. The van der Waals surface area contributed by atoms with Gasteiger partial charge in [0, 0.05) is 10.0 Å². The van der Waals surface area contributed by atoms with E-state index in [0.29, 0.717) is 33.1 Å². The topological polar surface area (TPSA) is 90.9 Å². The summed E-state index contributed by atoms with van der Waals surface area (Å²) >= 11 is 12.5. The summed E-state index contributed by atoms with van der Waals surface area (Å²) in [5.41, 5.74) is 8.59. The zero-order valence-electron chi connectivity index (χ0n) is 14.5. The second kappa shape index (κ2) is 6.45. The van der Waals surface area contributed by atoms with Gasteiger partial charge in [0.1, 0.15) is 0 Å². The highest BCUT2D eigenvalue weighted by Crippen LogP contribution is 2.30. The highest BCUT2D eigenvalue weighted by molar-refractivity contribution is 6.31. The van der Waals surface area contributed by atoms with Gasteiger partial charge in [0.25, 0.3) is 0 Å². The fourth-order valence-electron chi connectivity index (χ4n) is 2.92. The molecule has 4 rings (SSSR count). The number of aryl methyl sites for hydroxylation is 2. The van der Waals surface area contributed by atoms with Crippen LogP contribution in [0.4, 0.5) is 11.6 Å². The summed E-state index contributed by atoms with van der Waals surface area (Å²) in [6, 6.07) is 10.9. The maximum absolute atomic E-state index is 8.57. The molecule has 0 fully saturated rings. The van der Waals surface area contributed by atoms with E-state index < -0.39 is 0 Å². The van der Waals surface area contributed by atoms with Crippen LogP contribution in [-0.2, 0) is 4.94 Å². The highest BCUT2D eigenvalue weighted by atomic mass is 35.5. The van der Waals surface area contributed by atoms with Gasteiger partial charge in [-0.25, -0.2) is 11.0 Å². The molecule has 2 aromatic carbocycles. The van der Waals surface area contributed by atoms with Gasteiger partial charge >= 0.3 is 0 Å². The van der Waals surface area contributed by atoms with Crippen LogP contribution < -0.4 is 21.9 Å². The SMILES string of the molecule is Cc1ccc(-n2c3c(n(-c4ccc(C)c(Cl)c4)c(=N)c2=N)NON3)cc1Cl. The van der Waals surface area contributed by atoms with Crippen LogP contribution in [0.5, 0.6) is 0 Å². The molecule has 0 spiro atoms. The van der Waals surface area contributed by atoms with Crippen molar-refractivity contribution in [3.05, 3.63) is 68.5 Å². The standard InChI is InChI=1S/C18H16Cl2N6O/c1-9-3-5-11(7-13(9)19)25-15(21)16(22)26(18-17(25)23-27-24-18)12-6-4-10(2)14(20)8-12/h3-8,21-24H,1-2H3. The summed E-state index contributed by atoms with van der Waals surface area (Å²) in [5.74, 6) is 0.959. The summed E-state index contributed by atoms with van der Waals surface area (Å²) in [6.07, 6.45) is 0. The van der Waals surface area contributed by atoms with Gasteiger partial charge in [-0.15, -0.1) is 0 Å². The van der Waals surface area contributed by atoms with Crippen molar-refractivity contribution in [2.45, 2.75) is 13.8 Å². The van der Waals surface area contributed by atoms with Crippen LogP contribution in [0, 0.1) is 24.7 Å². The molecule has 0 amide bonds. The number of fused-ring (bicyclic) bond motifs is 1. The van der Waals surface area contributed by atoms with Crippen molar-refractivity contribution in [2.24, 2.45) is 0 Å². The zero-order valence-corrected chi connectivity index (χ0v) is 16.0. The van der Waals surface area contributed by atoms with Crippen molar-refractivity contribution in [3.63, 3.8) is 0 Å². The van der Waals surface area contributed by atoms with E-state index in [1.165, 1.54) is 0 Å². The van der Waals surface area contributed by atoms with Crippen LogP contribution in [0.15, 0.2) is 36.4 Å². The third kappa shape index (κ3) is 2.80. The van der Waals surface area contributed by atoms with Gasteiger partial charge < -0.3 is 0 Å². The van der Waals surface area contributed by atoms with Crippen LogP contribution in [0.3, 0.4) is 0 Å². The molecule has 0 aliphatic carbocycles. The lowest BCUT2D eigenvalue weighted by atomic mass is 10.2. The van der Waals surface area contributed by atoms with E-state index >= 15 is 0 Å². The third-order valence-electron chi connectivity index (χ3n) is 4.47. The number of halogens is 2. The molecule has 9 heteroatoms. The van der Waals surface area contributed by atoms with E-state index in [0.717, 1.165) is 11.1 Å². The maximum atomic E-state index is 8.57. The van der Waals surface area contributed by atoms with Crippen molar-refractivity contribution >= 4 is 34.8 Å². The lowest BCUT2D eigenvalue weighted by Gasteiger charge is -2.17. The molecule has 27 heavy (non-hydrogen) atoms. The van der Waals surface area contributed by atoms with Gasteiger partial charge in [-0.05, 0) is 49.2 Å². The summed E-state index contributed by atoms with van der Waals surface area (Å²) in [4.78, 5) is 5.18. The molecule has 0 saturated carbocycles. The Morgan fingerprint density at radius 2 is 1.19 bits per heavy atom.